The molecule has 0 aliphatic rings. The topological polar surface area (TPSA) is 122 Å². The minimum atomic E-state index is -0.952. The van der Waals surface area contributed by atoms with Crippen LogP contribution in [0.15, 0.2) is 41.3 Å². The van der Waals surface area contributed by atoms with Crippen LogP contribution in [0.2, 0.25) is 0 Å². The first-order chi connectivity index (χ1) is 12.8. The Kier molecular flexibility index (Phi) is 6.51. The summed E-state index contributed by atoms with van der Waals surface area (Å²) >= 11 is 1.02. The standard InChI is InChI=1S/C18H15N3O5S/c1-11-7-13(27-10-19)8-12(2)17(11)20-16(22)9-26-18(23)14-5-3-4-6-15(14)21(24)25/h3-8H,9H2,1-2H3,(H,20,22). The summed E-state index contributed by atoms with van der Waals surface area (Å²) in [7, 11) is 0. The summed E-state index contributed by atoms with van der Waals surface area (Å²) in [6.45, 7) is 2.98. The molecule has 2 aromatic rings. The third kappa shape index (κ3) is 5.05. The Balaban J connectivity index is 2.04. The van der Waals surface area contributed by atoms with Crippen molar-refractivity contribution in [3.8, 4) is 5.40 Å². The van der Waals surface area contributed by atoms with E-state index in [9.17, 15) is 19.7 Å². The Morgan fingerprint density at radius 3 is 2.48 bits per heavy atom. The normalized spacial score (nSPS) is 9.96. The largest absolute Gasteiger partial charge is 0.452 e. The highest BCUT2D eigenvalue weighted by molar-refractivity contribution is 8.03. The number of nitro groups is 1. The molecule has 0 saturated heterocycles. The fraction of sp³-hybridized carbons (Fsp3) is 0.167. The quantitative estimate of drug-likeness (QED) is 0.265. The van der Waals surface area contributed by atoms with Crippen LogP contribution in [-0.2, 0) is 9.53 Å². The minimum absolute atomic E-state index is 0.222. The van der Waals surface area contributed by atoms with Gasteiger partial charge in [0.25, 0.3) is 11.6 Å². The smallest absolute Gasteiger partial charge is 0.345 e. The number of aryl methyl sites for hydroxylation is 2. The number of rotatable bonds is 6. The monoisotopic (exact) mass is 385 g/mol. The SMILES string of the molecule is Cc1cc(SC#N)cc(C)c1NC(=O)COC(=O)c1ccccc1[N+](=O)[O-]. The maximum absolute atomic E-state index is 12.1. The van der Waals surface area contributed by atoms with Crippen molar-refractivity contribution < 1.29 is 19.2 Å². The molecule has 138 valence electrons. The summed E-state index contributed by atoms with van der Waals surface area (Å²) < 4.78 is 4.89. The van der Waals surface area contributed by atoms with Crippen molar-refractivity contribution in [2.45, 2.75) is 18.7 Å². The Hall–Kier alpha value is -3.38. The number of para-hydroxylation sites is 1. The van der Waals surface area contributed by atoms with E-state index in [0.717, 1.165) is 27.8 Å². The fourth-order valence-electron chi connectivity index (χ4n) is 2.42. The molecule has 1 N–H and O–H groups in total. The number of nitro benzene ring substituents is 1. The van der Waals surface area contributed by atoms with Crippen molar-refractivity contribution in [2.75, 3.05) is 11.9 Å². The van der Waals surface area contributed by atoms with Gasteiger partial charge in [-0.25, -0.2) is 4.79 Å². The summed E-state index contributed by atoms with van der Waals surface area (Å²) in [4.78, 5) is 35.2. The minimum Gasteiger partial charge on any atom is -0.452 e. The number of ether oxygens (including phenoxy) is 1. The molecular weight excluding hydrogens is 370 g/mol. The fourth-order valence-corrected chi connectivity index (χ4v) is 3.00. The predicted octanol–water partition coefficient (Wildman–Crippen LogP) is 3.58. The lowest BCUT2D eigenvalue weighted by molar-refractivity contribution is -0.385. The average Bonchev–Trinajstić information content (AvgIpc) is 2.63. The van der Waals surface area contributed by atoms with Gasteiger partial charge in [0.15, 0.2) is 6.61 Å². The van der Waals surface area contributed by atoms with Crippen molar-refractivity contribution in [1.29, 1.82) is 5.26 Å². The van der Waals surface area contributed by atoms with Gasteiger partial charge in [-0.3, -0.25) is 14.9 Å². The third-order valence-corrected chi connectivity index (χ3v) is 4.15. The van der Waals surface area contributed by atoms with E-state index in [1.54, 1.807) is 26.0 Å². The number of esters is 1. The van der Waals surface area contributed by atoms with Crippen LogP contribution in [0.5, 0.6) is 0 Å². The summed E-state index contributed by atoms with van der Waals surface area (Å²) in [5.41, 5.74) is 1.46. The lowest BCUT2D eigenvalue weighted by atomic mass is 10.1. The Bertz CT molecular complexity index is 929. The van der Waals surface area contributed by atoms with Crippen LogP contribution in [0.1, 0.15) is 21.5 Å². The molecule has 27 heavy (non-hydrogen) atoms. The second kappa shape index (κ2) is 8.82. The second-order valence-corrected chi connectivity index (χ2v) is 6.38. The Labute approximate surface area is 159 Å². The molecule has 0 spiro atoms. The van der Waals surface area contributed by atoms with E-state index in [2.05, 4.69) is 5.32 Å². The number of nitriles is 1. The predicted molar refractivity (Wildman–Crippen MR) is 99.4 cm³/mol. The molecule has 0 radical (unpaired) electrons. The van der Waals surface area contributed by atoms with Crippen molar-refractivity contribution >= 4 is 35.0 Å². The molecule has 0 saturated carbocycles. The highest BCUT2D eigenvalue weighted by Crippen LogP contribution is 2.27. The number of amides is 1. The van der Waals surface area contributed by atoms with Gasteiger partial charge in [-0.2, -0.15) is 5.26 Å². The molecule has 2 aromatic carbocycles. The summed E-state index contributed by atoms with van der Waals surface area (Å²) in [6.07, 6.45) is 0. The van der Waals surface area contributed by atoms with Gasteiger partial charge in [-0.1, -0.05) is 12.1 Å². The number of thioether (sulfide) groups is 1. The molecule has 0 aliphatic heterocycles. The van der Waals surface area contributed by atoms with E-state index in [4.69, 9.17) is 10.00 Å². The zero-order valence-electron chi connectivity index (χ0n) is 14.5. The zero-order chi connectivity index (χ0) is 20.0. The second-order valence-electron chi connectivity index (χ2n) is 5.52. The van der Waals surface area contributed by atoms with Crippen LogP contribution in [0.4, 0.5) is 11.4 Å². The molecule has 8 nitrogen and oxygen atoms in total. The van der Waals surface area contributed by atoms with E-state index in [0.29, 0.717) is 5.69 Å². The number of nitrogens with one attached hydrogen (secondary N) is 1. The van der Waals surface area contributed by atoms with Gasteiger partial charge in [-0.15, -0.1) is 0 Å². The van der Waals surface area contributed by atoms with E-state index < -0.39 is 23.4 Å². The molecule has 0 aromatic heterocycles. The number of anilines is 1. The molecule has 0 aliphatic carbocycles. The van der Waals surface area contributed by atoms with Gasteiger partial charge in [0.05, 0.1) is 4.92 Å². The summed E-state index contributed by atoms with van der Waals surface area (Å²) in [5.74, 6) is -1.53. The lowest BCUT2D eigenvalue weighted by Crippen LogP contribution is -2.22. The van der Waals surface area contributed by atoms with Crippen molar-refractivity contribution in [1.82, 2.24) is 0 Å². The summed E-state index contributed by atoms with van der Waals surface area (Å²) in [5, 5.41) is 24.3. The van der Waals surface area contributed by atoms with Crippen molar-refractivity contribution in [3.63, 3.8) is 0 Å². The van der Waals surface area contributed by atoms with Crippen LogP contribution < -0.4 is 5.32 Å². The van der Waals surface area contributed by atoms with Crippen LogP contribution in [0.25, 0.3) is 0 Å². The van der Waals surface area contributed by atoms with Crippen molar-refractivity contribution in [3.05, 3.63) is 63.2 Å². The first kappa shape index (κ1) is 19.9. The van der Waals surface area contributed by atoms with Crippen LogP contribution in [0.3, 0.4) is 0 Å². The van der Waals surface area contributed by atoms with Crippen molar-refractivity contribution in [2.24, 2.45) is 0 Å². The molecule has 0 heterocycles. The first-order valence-electron chi connectivity index (χ1n) is 7.71. The molecule has 0 atom stereocenters. The molecule has 9 heteroatoms. The molecule has 0 fully saturated rings. The summed E-state index contributed by atoms with van der Waals surface area (Å²) in [6, 6.07) is 8.87. The maximum Gasteiger partial charge on any atom is 0.345 e. The van der Waals surface area contributed by atoms with Gasteiger partial charge < -0.3 is 10.1 Å². The number of nitrogens with zero attached hydrogens (tertiary/aromatic N) is 2. The molecule has 1 amide bonds. The average molecular weight is 385 g/mol. The highest BCUT2D eigenvalue weighted by atomic mass is 32.2. The lowest BCUT2D eigenvalue weighted by Gasteiger charge is -2.13. The van der Waals surface area contributed by atoms with Gasteiger partial charge in [0.2, 0.25) is 0 Å². The zero-order valence-corrected chi connectivity index (χ0v) is 15.3. The van der Waals surface area contributed by atoms with Crippen LogP contribution in [-0.4, -0.2) is 23.4 Å². The Morgan fingerprint density at radius 2 is 1.89 bits per heavy atom. The van der Waals surface area contributed by atoms with E-state index in [-0.39, 0.29) is 11.3 Å². The maximum atomic E-state index is 12.1. The Morgan fingerprint density at radius 1 is 1.26 bits per heavy atom. The number of thiocyanates is 1. The number of carbonyl (C=O) groups excluding carboxylic acids is 2. The van der Waals surface area contributed by atoms with Crippen LogP contribution in [0, 0.1) is 34.6 Å². The number of benzene rings is 2. The van der Waals surface area contributed by atoms with E-state index in [1.807, 2.05) is 5.40 Å². The van der Waals surface area contributed by atoms with Gasteiger partial charge in [0, 0.05) is 16.6 Å². The van der Waals surface area contributed by atoms with Gasteiger partial charge >= 0.3 is 5.97 Å². The number of carbonyl (C=O) groups is 2. The van der Waals surface area contributed by atoms with E-state index in [1.165, 1.54) is 24.3 Å². The van der Waals surface area contributed by atoms with Gasteiger partial charge in [0.1, 0.15) is 11.0 Å². The molecule has 0 bridgehead atoms. The highest BCUT2D eigenvalue weighted by Gasteiger charge is 2.21. The molecular formula is C18H15N3O5S. The van der Waals surface area contributed by atoms with Crippen LogP contribution >= 0.6 is 11.8 Å². The molecule has 2 rings (SSSR count). The number of hydrogen-bond acceptors (Lipinski definition) is 7. The van der Waals surface area contributed by atoms with E-state index >= 15 is 0 Å². The third-order valence-electron chi connectivity index (χ3n) is 3.59. The van der Waals surface area contributed by atoms with Gasteiger partial charge in [-0.05, 0) is 54.9 Å². The molecule has 0 unspecified atom stereocenters. The first-order valence-corrected chi connectivity index (χ1v) is 8.52. The number of hydrogen-bond donors (Lipinski definition) is 1.